The summed E-state index contributed by atoms with van der Waals surface area (Å²) >= 11 is 0. The average Bonchev–Trinajstić information content (AvgIpc) is 3.39. The minimum atomic E-state index is -3.98. The van der Waals surface area contributed by atoms with Gasteiger partial charge in [0.1, 0.15) is 18.2 Å². The molecule has 0 bridgehead atoms. The van der Waals surface area contributed by atoms with Gasteiger partial charge in [0, 0.05) is 30.1 Å². The van der Waals surface area contributed by atoms with Crippen LogP contribution in [0.2, 0.25) is 0 Å². The molecular weight excluding hydrogens is 693 g/mol. The molecule has 2 aromatic heterocycles. The van der Waals surface area contributed by atoms with Crippen LogP contribution in [0.25, 0.3) is 21.8 Å². The van der Waals surface area contributed by atoms with E-state index in [4.69, 9.17) is 0 Å². The zero-order valence-corrected chi connectivity index (χ0v) is 28.6. The van der Waals surface area contributed by atoms with Gasteiger partial charge in [0.15, 0.2) is 9.84 Å². The van der Waals surface area contributed by atoms with E-state index in [1.165, 1.54) is 10.6 Å². The van der Waals surface area contributed by atoms with Crippen molar-refractivity contribution in [2.45, 2.75) is 17.7 Å². The highest BCUT2D eigenvalue weighted by Gasteiger charge is 2.33. The van der Waals surface area contributed by atoms with Crippen LogP contribution in [0, 0.1) is 0 Å². The number of sulfone groups is 1. The Bertz CT molecular complexity index is 2390. The number of nitrogens with one attached hydrogen (secondary N) is 2. The van der Waals surface area contributed by atoms with Crippen molar-refractivity contribution in [3.63, 3.8) is 0 Å². The zero-order chi connectivity index (χ0) is 34.8. The van der Waals surface area contributed by atoms with E-state index < -0.39 is 36.3 Å². The first kappa shape index (κ1) is 34.0. The van der Waals surface area contributed by atoms with Gasteiger partial charge in [0.2, 0.25) is 0 Å². The van der Waals surface area contributed by atoms with E-state index in [1.54, 1.807) is 42.5 Å². The number of rotatable bonds is 7. The largest absolute Gasteiger partial charge is 0.447 e. The molecule has 1 amide bonds. The maximum Gasteiger partial charge on any atom is 0.425 e. The number of fused-ring (bicyclic) bond motifs is 3. The molecule has 3 aromatic carbocycles. The highest BCUT2D eigenvalue weighted by Crippen LogP contribution is 2.23. The van der Waals surface area contributed by atoms with Crippen molar-refractivity contribution in [2.75, 3.05) is 41.9 Å². The van der Waals surface area contributed by atoms with Crippen molar-refractivity contribution < 1.29 is 34.8 Å². The summed E-state index contributed by atoms with van der Waals surface area (Å²) in [6.45, 7) is 0.643. The van der Waals surface area contributed by atoms with E-state index >= 15 is 0 Å². The molecule has 256 valence electrons. The number of aromatic nitrogens is 2. The zero-order valence-electron chi connectivity index (χ0n) is 26.2. The third-order valence-corrected chi connectivity index (χ3v) is 11.9. The smallest absolute Gasteiger partial charge is 0.425 e. The molecule has 49 heavy (non-hydrogen) atoms. The maximum atomic E-state index is 12.9. The summed E-state index contributed by atoms with van der Waals surface area (Å²) in [5.41, 5.74) is 3.22. The van der Waals surface area contributed by atoms with Crippen LogP contribution in [-0.2, 0) is 47.8 Å². The monoisotopic (exact) mass is 724 g/mol. The minimum absolute atomic E-state index is 0.00173. The number of amides is 1. The number of benzene rings is 3. The Morgan fingerprint density at radius 1 is 0.653 bits per heavy atom. The second-order valence-corrected chi connectivity index (χ2v) is 16.6. The lowest BCUT2D eigenvalue weighted by molar-refractivity contribution is 0.170. The van der Waals surface area contributed by atoms with Gasteiger partial charge in [0.05, 0.1) is 22.5 Å². The summed E-state index contributed by atoms with van der Waals surface area (Å²) < 4.78 is 84.9. The van der Waals surface area contributed by atoms with Crippen molar-refractivity contribution in [1.82, 2.24) is 18.6 Å². The molecule has 0 aliphatic carbocycles. The van der Waals surface area contributed by atoms with Gasteiger partial charge in [-0.3, -0.25) is 4.72 Å². The quantitative estimate of drug-likeness (QED) is 0.251. The van der Waals surface area contributed by atoms with Crippen LogP contribution in [0.4, 0.5) is 16.4 Å². The van der Waals surface area contributed by atoms with E-state index in [0.29, 0.717) is 34.7 Å². The predicted molar refractivity (Wildman–Crippen MR) is 185 cm³/mol. The summed E-state index contributed by atoms with van der Waals surface area (Å²) in [7, 11) is -11.1. The van der Waals surface area contributed by atoms with Crippen molar-refractivity contribution in [3.8, 4) is 0 Å². The van der Waals surface area contributed by atoms with Crippen LogP contribution in [-0.4, -0.2) is 82.4 Å². The predicted octanol–water partition coefficient (Wildman–Crippen LogP) is 3.74. The van der Waals surface area contributed by atoms with Crippen LogP contribution in [0.15, 0.2) is 95.9 Å². The summed E-state index contributed by atoms with van der Waals surface area (Å²) in [6, 6.07) is 26.6. The average molecular weight is 725 g/mol. The molecule has 5 aromatic rings. The Hall–Kier alpha value is -4.84. The highest BCUT2D eigenvalue weighted by molar-refractivity contribution is 7.91. The molecule has 2 aliphatic heterocycles. The molecule has 0 radical (unpaired) electrons. The molecule has 0 saturated carbocycles. The molecule has 0 spiro atoms. The van der Waals surface area contributed by atoms with Crippen molar-refractivity contribution in [2.24, 2.45) is 0 Å². The van der Waals surface area contributed by atoms with Gasteiger partial charge in [0.25, 0.3) is 0 Å². The van der Waals surface area contributed by atoms with Crippen LogP contribution in [0.1, 0.15) is 11.1 Å². The Morgan fingerprint density at radius 2 is 1.20 bits per heavy atom. The van der Waals surface area contributed by atoms with E-state index in [1.807, 2.05) is 48.5 Å². The summed E-state index contributed by atoms with van der Waals surface area (Å²) in [5, 5.41) is 1.83. The standard InChI is InChI=1S/C20H21N3O4S2.C12H11N3O4S/c1-28(24,25)18-8-6-15-10-12-23(13-11-17(15)14-18)29(26,27)22-20-9-7-16-4-2-3-5-19(16)21-20;16-12-15(7-8-19-12)20(17,18)14-11-6-5-9-3-1-2-4-10(9)13-11/h2-9,14H,10-13H2,1H3,(H,21,22);1-6H,7-8H2,(H,13,14). The molecule has 0 atom stereocenters. The third kappa shape index (κ3) is 7.91. The van der Waals surface area contributed by atoms with Gasteiger partial charge in [-0.05, 0) is 72.5 Å². The SMILES string of the molecule is CS(=O)(=O)c1ccc2c(c1)CCN(S(=O)(=O)Nc1ccc3ccccc3n1)CC2.O=C1OCCN1S(=O)(=O)Nc1ccc2ccccc2n1. The number of hydrogen-bond acceptors (Lipinski definition) is 10. The number of nitrogens with zero attached hydrogens (tertiary/aromatic N) is 4. The summed E-state index contributed by atoms with van der Waals surface area (Å²) in [5.74, 6) is 0.424. The van der Waals surface area contributed by atoms with Crippen LogP contribution in [0.3, 0.4) is 0 Å². The lowest BCUT2D eigenvalue weighted by atomic mass is 10.0. The number of carbonyl (C=O) groups is 1. The molecule has 7 rings (SSSR count). The molecule has 0 unspecified atom stereocenters. The first-order valence-electron chi connectivity index (χ1n) is 15.1. The summed E-state index contributed by atoms with van der Waals surface area (Å²) in [6.07, 6.45) is 1.26. The highest BCUT2D eigenvalue weighted by atomic mass is 32.2. The third-order valence-electron chi connectivity index (χ3n) is 7.88. The summed E-state index contributed by atoms with van der Waals surface area (Å²) in [4.78, 5) is 20.1. The molecule has 17 heteroatoms. The van der Waals surface area contributed by atoms with Crippen LogP contribution < -0.4 is 9.44 Å². The lowest BCUT2D eigenvalue weighted by Gasteiger charge is -2.20. The van der Waals surface area contributed by atoms with Gasteiger partial charge in [-0.2, -0.15) is 25.4 Å². The fraction of sp³-hybridized carbons (Fsp3) is 0.219. The topological polar surface area (TPSA) is 185 Å². The van der Waals surface area contributed by atoms with Crippen LogP contribution in [0.5, 0.6) is 0 Å². The van der Waals surface area contributed by atoms with Gasteiger partial charge < -0.3 is 4.74 Å². The van der Waals surface area contributed by atoms with Crippen molar-refractivity contribution in [3.05, 3.63) is 102 Å². The van der Waals surface area contributed by atoms with E-state index in [0.717, 1.165) is 21.9 Å². The van der Waals surface area contributed by atoms with E-state index in [-0.39, 0.29) is 36.2 Å². The molecule has 1 saturated heterocycles. The van der Waals surface area contributed by atoms with E-state index in [2.05, 4.69) is 24.1 Å². The Morgan fingerprint density at radius 3 is 1.76 bits per heavy atom. The molecule has 14 nitrogen and oxygen atoms in total. The van der Waals surface area contributed by atoms with Gasteiger partial charge >= 0.3 is 26.5 Å². The number of cyclic esters (lactones) is 1. The van der Waals surface area contributed by atoms with Crippen molar-refractivity contribution in [1.29, 1.82) is 0 Å². The second kappa shape index (κ2) is 13.6. The number of ether oxygens (including phenoxy) is 1. The molecular formula is C32H32N6O8S3. The maximum absolute atomic E-state index is 12.9. The molecule has 2 N–H and O–H groups in total. The van der Waals surface area contributed by atoms with Crippen molar-refractivity contribution >= 4 is 69.8 Å². The fourth-order valence-corrected chi connectivity index (χ4v) is 8.27. The fourth-order valence-electron chi connectivity index (χ4n) is 5.38. The first-order chi connectivity index (χ1) is 23.3. The number of carbonyl (C=O) groups excluding carboxylic acids is 1. The number of hydrogen-bond donors (Lipinski definition) is 2. The molecule has 4 heterocycles. The lowest BCUT2D eigenvalue weighted by Crippen LogP contribution is -2.37. The van der Waals surface area contributed by atoms with Crippen LogP contribution >= 0.6 is 0 Å². The number of para-hydroxylation sites is 2. The number of anilines is 2. The van der Waals surface area contributed by atoms with Gasteiger partial charge in [-0.25, -0.2) is 27.9 Å². The van der Waals surface area contributed by atoms with Gasteiger partial charge in [-0.15, -0.1) is 0 Å². The number of pyridine rings is 2. The van der Waals surface area contributed by atoms with Gasteiger partial charge in [-0.1, -0.05) is 42.5 Å². The minimum Gasteiger partial charge on any atom is -0.447 e. The molecule has 1 fully saturated rings. The van der Waals surface area contributed by atoms with E-state index in [9.17, 15) is 30.0 Å². The molecule has 2 aliphatic rings. The first-order valence-corrected chi connectivity index (χ1v) is 19.8. The Labute approximate surface area is 284 Å². The second-order valence-electron chi connectivity index (χ2n) is 11.3. The Balaban J connectivity index is 0.000000182. The normalized spacial score (nSPS) is 15.5. The Kier molecular flexibility index (Phi) is 9.43.